The van der Waals surface area contributed by atoms with Gasteiger partial charge in [-0.05, 0) is 24.7 Å². The fourth-order valence-corrected chi connectivity index (χ4v) is 2.36. The first kappa shape index (κ1) is 13.5. The summed E-state index contributed by atoms with van der Waals surface area (Å²) in [5.41, 5.74) is 0. The van der Waals surface area contributed by atoms with Crippen LogP contribution in [-0.4, -0.2) is 24.2 Å². The molecule has 3 nitrogen and oxygen atoms in total. The summed E-state index contributed by atoms with van der Waals surface area (Å²) in [7, 11) is 0. The van der Waals surface area contributed by atoms with E-state index in [0.29, 0.717) is 12.8 Å². The maximum absolute atomic E-state index is 11.3. The molecule has 1 amide bonds. The van der Waals surface area contributed by atoms with Gasteiger partial charge in [0.2, 0.25) is 5.91 Å². The Labute approximate surface area is 98.6 Å². The molecule has 1 aliphatic rings. The van der Waals surface area contributed by atoms with Crippen molar-refractivity contribution in [2.24, 2.45) is 11.8 Å². The van der Waals surface area contributed by atoms with E-state index in [1.165, 1.54) is 25.7 Å². The Kier molecular flexibility index (Phi) is 6.46. The molecule has 1 fully saturated rings. The molecule has 94 valence electrons. The quantitative estimate of drug-likeness (QED) is 0.730. The molecule has 0 saturated heterocycles. The average molecular weight is 227 g/mol. The Hall–Kier alpha value is -0.570. The summed E-state index contributed by atoms with van der Waals surface area (Å²) >= 11 is 0. The van der Waals surface area contributed by atoms with Crippen LogP contribution in [-0.2, 0) is 4.79 Å². The van der Waals surface area contributed by atoms with Gasteiger partial charge in [0.1, 0.15) is 0 Å². The van der Waals surface area contributed by atoms with Gasteiger partial charge in [-0.1, -0.05) is 32.6 Å². The Balaban J connectivity index is 2.00. The van der Waals surface area contributed by atoms with Gasteiger partial charge in [-0.3, -0.25) is 4.79 Å². The molecule has 0 aromatic heterocycles. The van der Waals surface area contributed by atoms with Crippen LogP contribution in [0.4, 0.5) is 0 Å². The molecule has 0 aromatic carbocycles. The molecule has 16 heavy (non-hydrogen) atoms. The SMILES string of the molecule is CC1CCC(CCNC(=O)CCCO)CC1. The van der Waals surface area contributed by atoms with Crippen LogP contribution in [0, 0.1) is 11.8 Å². The molecule has 0 aliphatic heterocycles. The third-order valence-corrected chi connectivity index (χ3v) is 3.57. The lowest BCUT2D eigenvalue weighted by atomic mass is 9.81. The predicted octanol–water partition coefficient (Wildman–Crippen LogP) is 2.09. The van der Waals surface area contributed by atoms with Crippen molar-refractivity contribution in [2.75, 3.05) is 13.2 Å². The van der Waals surface area contributed by atoms with Crippen molar-refractivity contribution in [1.82, 2.24) is 5.32 Å². The van der Waals surface area contributed by atoms with Crippen LogP contribution in [0.25, 0.3) is 0 Å². The first-order valence-corrected chi connectivity index (χ1v) is 6.60. The summed E-state index contributed by atoms with van der Waals surface area (Å²) in [5, 5.41) is 11.5. The van der Waals surface area contributed by atoms with Gasteiger partial charge >= 0.3 is 0 Å². The fraction of sp³-hybridized carbons (Fsp3) is 0.923. The minimum atomic E-state index is 0.0817. The number of aliphatic hydroxyl groups is 1. The molecular weight excluding hydrogens is 202 g/mol. The van der Waals surface area contributed by atoms with E-state index in [2.05, 4.69) is 12.2 Å². The largest absolute Gasteiger partial charge is 0.396 e. The Morgan fingerprint density at radius 1 is 1.31 bits per heavy atom. The number of aliphatic hydroxyl groups excluding tert-OH is 1. The van der Waals surface area contributed by atoms with Crippen LogP contribution in [0.5, 0.6) is 0 Å². The molecule has 0 bridgehead atoms. The van der Waals surface area contributed by atoms with Gasteiger partial charge in [-0.25, -0.2) is 0 Å². The zero-order valence-corrected chi connectivity index (χ0v) is 10.4. The normalized spacial score (nSPS) is 25.4. The molecule has 1 saturated carbocycles. The second-order valence-electron chi connectivity index (χ2n) is 5.09. The minimum Gasteiger partial charge on any atom is -0.396 e. The topological polar surface area (TPSA) is 49.3 Å². The molecule has 3 heteroatoms. The van der Waals surface area contributed by atoms with E-state index in [1.807, 2.05) is 0 Å². The smallest absolute Gasteiger partial charge is 0.220 e. The Morgan fingerprint density at radius 2 is 2.00 bits per heavy atom. The van der Waals surface area contributed by atoms with Crippen LogP contribution in [0.2, 0.25) is 0 Å². The zero-order chi connectivity index (χ0) is 11.8. The fourth-order valence-electron chi connectivity index (χ4n) is 2.36. The second kappa shape index (κ2) is 7.66. The van der Waals surface area contributed by atoms with Crippen molar-refractivity contribution in [1.29, 1.82) is 0 Å². The lowest BCUT2D eigenvalue weighted by Gasteiger charge is -2.26. The van der Waals surface area contributed by atoms with E-state index in [-0.39, 0.29) is 12.5 Å². The molecule has 0 spiro atoms. The number of hydrogen-bond acceptors (Lipinski definition) is 2. The van der Waals surface area contributed by atoms with Crippen LogP contribution in [0.15, 0.2) is 0 Å². The van der Waals surface area contributed by atoms with Gasteiger partial charge in [0.15, 0.2) is 0 Å². The summed E-state index contributed by atoms with van der Waals surface area (Å²) in [4.78, 5) is 11.3. The molecule has 2 N–H and O–H groups in total. The molecule has 1 rings (SSSR count). The van der Waals surface area contributed by atoms with Gasteiger partial charge in [-0.2, -0.15) is 0 Å². The van der Waals surface area contributed by atoms with E-state index in [1.54, 1.807) is 0 Å². The highest BCUT2D eigenvalue weighted by atomic mass is 16.3. The monoisotopic (exact) mass is 227 g/mol. The molecular formula is C13H25NO2. The Bertz CT molecular complexity index is 198. The molecule has 0 unspecified atom stereocenters. The summed E-state index contributed by atoms with van der Waals surface area (Å²) in [6.45, 7) is 3.24. The second-order valence-corrected chi connectivity index (χ2v) is 5.09. The number of carbonyl (C=O) groups is 1. The molecule has 0 heterocycles. The van der Waals surface area contributed by atoms with Crippen molar-refractivity contribution < 1.29 is 9.90 Å². The van der Waals surface area contributed by atoms with E-state index >= 15 is 0 Å². The van der Waals surface area contributed by atoms with E-state index < -0.39 is 0 Å². The lowest BCUT2D eigenvalue weighted by molar-refractivity contribution is -0.121. The van der Waals surface area contributed by atoms with E-state index in [0.717, 1.165) is 24.8 Å². The van der Waals surface area contributed by atoms with Crippen LogP contribution in [0.3, 0.4) is 0 Å². The van der Waals surface area contributed by atoms with Crippen molar-refractivity contribution in [3.05, 3.63) is 0 Å². The van der Waals surface area contributed by atoms with Crippen molar-refractivity contribution in [3.63, 3.8) is 0 Å². The van der Waals surface area contributed by atoms with Crippen molar-refractivity contribution in [3.8, 4) is 0 Å². The lowest BCUT2D eigenvalue weighted by Crippen LogP contribution is -2.26. The van der Waals surface area contributed by atoms with Gasteiger partial charge in [-0.15, -0.1) is 0 Å². The van der Waals surface area contributed by atoms with Gasteiger partial charge in [0.05, 0.1) is 0 Å². The third-order valence-electron chi connectivity index (χ3n) is 3.57. The van der Waals surface area contributed by atoms with E-state index in [4.69, 9.17) is 5.11 Å². The number of amides is 1. The Morgan fingerprint density at radius 3 is 2.62 bits per heavy atom. The number of carbonyl (C=O) groups excluding carboxylic acids is 1. The highest BCUT2D eigenvalue weighted by molar-refractivity contribution is 5.75. The highest BCUT2D eigenvalue weighted by Crippen LogP contribution is 2.29. The minimum absolute atomic E-state index is 0.0817. The molecule has 0 aromatic rings. The third kappa shape index (κ3) is 5.50. The van der Waals surface area contributed by atoms with Crippen LogP contribution in [0.1, 0.15) is 51.9 Å². The molecule has 1 aliphatic carbocycles. The van der Waals surface area contributed by atoms with Gasteiger partial charge < -0.3 is 10.4 Å². The summed E-state index contributed by atoms with van der Waals surface area (Å²) < 4.78 is 0. The zero-order valence-electron chi connectivity index (χ0n) is 10.4. The van der Waals surface area contributed by atoms with Crippen molar-refractivity contribution in [2.45, 2.75) is 51.9 Å². The number of nitrogens with one attached hydrogen (secondary N) is 1. The maximum atomic E-state index is 11.3. The van der Waals surface area contributed by atoms with Gasteiger partial charge in [0.25, 0.3) is 0 Å². The molecule has 0 radical (unpaired) electrons. The number of hydrogen-bond donors (Lipinski definition) is 2. The highest BCUT2D eigenvalue weighted by Gasteiger charge is 2.17. The first-order chi connectivity index (χ1) is 7.72. The summed E-state index contributed by atoms with van der Waals surface area (Å²) in [5.74, 6) is 1.79. The van der Waals surface area contributed by atoms with Crippen LogP contribution >= 0.6 is 0 Å². The number of rotatable bonds is 6. The van der Waals surface area contributed by atoms with E-state index in [9.17, 15) is 4.79 Å². The maximum Gasteiger partial charge on any atom is 0.220 e. The average Bonchev–Trinajstić information content (AvgIpc) is 2.29. The molecule has 0 atom stereocenters. The van der Waals surface area contributed by atoms with Gasteiger partial charge in [0, 0.05) is 19.6 Å². The van der Waals surface area contributed by atoms with Crippen molar-refractivity contribution >= 4 is 5.91 Å². The first-order valence-electron chi connectivity index (χ1n) is 6.60. The summed E-state index contributed by atoms with van der Waals surface area (Å²) in [6, 6.07) is 0. The standard InChI is InChI=1S/C13H25NO2/c1-11-4-6-12(7-5-11)8-9-14-13(16)3-2-10-15/h11-12,15H,2-10H2,1H3,(H,14,16). The predicted molar refractivity (Wildman–Crippen MR) is 65.1 cm³/mol. The van der Waals surface area contributed by atoms with Crippen LogP contribution < -0.4 is 5.32 Å². The summed E-state index contributed by atoms with van der Waals surface area (Å²) in [6.07, 6.45) is 7.51.